The number of nitrogens with two attached hydrogens (primary N) is 3. The fourth-order valence-corrected chi connectivity index (χ4v) is 9.24. The fourth-order valence-electron chi connectivity index (χ4n) is 8.11. The van der Waals surface area contributed by atoms with E-state index in [9.17, 15) is 63.3 Å². The molecule has 15 N–H and O–H groups in total. The molecule has 0 aromatic heterocycles. The van der Waals surface area contributed by atoms with Gasteiger partial charge in [0.05, 0.1) is 24.0 Å². The molecule has 12 atom stereocenters. The predicted octanol–water partition coefficient (Wildman–Crippen LogP) is -0.382. The second-order valence-corrected chi connectivity index (χ2v) is 21.0. The van der Waals surface area contributed by atoms with Crippen LogP contribution in [0.5, 0.6) is 0 Å². The quantitative estimate of drug-likeness (QED) is 0.0343. The normalized spacial score (nSPS) is 25.4. The van der Waals surface area contributed by atoms with Crippen molar-refractivity contribution in [3.63, 3.8) is 0 Å². The van der Waals surface area contributed by atoms with Gasteiger partial charge in [-0.25, -0.2) is 9.59 Å². The zero-order valence-electron chi connectivity index (χ0n) is 45.9. The van der Waals surface area contributed by atoms with Crippen molar-refractivity contribution in [1.82, 2.24) is 36.8 Å². The predicted molar refractivity (Wildman–Crippen MR) is 292 cm³/mol. The molecule has 1 saturated heterocycles. The first-order valence-electron chi connectivity index (χ1n) is 25.7. The average Bonchev–Trinajstić information content (AvgIpc) is 3.37. The van der Waals surface area contributed by atoms with Gasteiger partial charge in [0.25, 0.3) is 0 Å². The minimum atomic E-state index is -1.93. The van der Waals surface area contributed by atoms with Gasteiger partial charge < -0.3 is 74.1 Å². The summed E-state index contributed by atoms with van der Waals surface area (Å²) in [6, 6.07) is -2.12. The van der Waals surface area contributed by atoms with Gasteiger partial charge in [-0.2, -0.15) is 11.8 Å². The molecule has 25 nitrogen and oxygen atoms in total. The molecule has 0 aliphatic carbocycles. The third-order valence-electron chi connectivity index (χ3n) is 13.0. The van der Waals surface area contributed by atoms with Crippen LogP contribution >= 0.6 is 11.8 Å². The smallest absolute Gasteiger partial charge is 0.327 e. The number of carbonyl (C=O) groups excluding carboxylic acids is 7. The Morgan fingerprint density at radius 3 is 2.01 bits per heavy atom. The van der Waals surface area contributed by atoms with Crippen LogP contribution in [0.2, 0.25) is 0 Å². The van der Waals surface area contributed by atoms with E-state index in [0.29, 0.717) is 12.0 Å². The number of hydrogen-bond acceptors (Lipinski definition) is 14. The van der Waals surface area contributed by atoms with E-state index in [1.165, 1.54) is 33.9 Å². The third-order valence-corrected chi connectivity index (χ3v) is 14.1. The second-order valence-electron chi connectivity index (χ2n) is 19.9. The maximum atomic E-state index is 14.5. The number of carbonyl (C=O) groups is 10. The summed E-state index contributed by atoms with van der Waals surface area (Å²) in [4.78, 5) is 140. The zero-order valence-corrected chi connectivity index (χ0v) is 46.7. The van der Waals surface area contributed by atoms with Crippen LogP contribution in [0.25, 0.3) is 0 Å². The average molecular weight is 1120 g/mol. The number of nitrogens with one attached hydrogen (secondary N) is 6. The molecule has 1 aromatic carbocycles. The third kappa shape index (κ3) is 22.9. The Labute approximate surface area is 459 Å². The molecular weight excluding hydrogens is 1030 g/mol. The number of thioether (sulfide) groups is 1. The molecule has 1 heterocycles. The monoisotopic (exact) mass is 1120 g/mol. The summed E-state index contributed by atoms with van der Waals surface area (Å²) in [5.41, 5.74) is 18.5. The summed E-state index contributed by atoms with van der Waals surface area (Å²) in [6.07, 6.45) is 4.34. The molecule has 7 amide bonds. The van der Waals surface area contributed by atoms with Gasteiger partial charge in [-0.15, -0.1) is 0 Å². The van der Waals surface area contributed by atoms with Crippen LogP contribution < -0.4 is 49.1 Å². The van der Waals surface area contributed by atoms with Gasteiger partial charge in [-0.3, -0.25) is 43.3 Å². The van der Waals surface area contributed by atoms with Crippen molar-refractivity contribution < 1.29 is 68.0 Å². The molecule has 78 heavy (non-hydrogen) atoms. The Morgan fingerprint density at radius 1 is 0.821 bits per heavy atom. The highest BCUT2D eigenvalue weighted by atomic mass is 32.2. The number of likely N-dealkylation sites (N-methyl/N-ethyl adjacent to an activating group) is 1. The Kier molecular flexibility index (Phi) is 28.6. The molecule has 1 aromatic rings. The van der Waals surface area contributed by atoms with Gasteiger partial charge in [0.15, 0.2) is 5.96 Å². The first-order chi connectivity index (χ1) is 36.6. The number of guanidine groups is 1. The van der Waals surface area contributed by atoms with Crippen LogP contribution in [-0.4, -0.2) is 172 Å². The summed E-state index contributed by atoms with van der Waals surface area (Å²) in [6.45, 7) is 11.1. The number of benzene rings is 1. The summed E-state index contributed by atoms with van der Waals surface area (Å²) in [5.74, 6) is -14.7. The highest BCUT2D eigenvalue weighted by Crippen LogP contribution is 2.19. The Morgan fingerprint density at radius 2 is 1.44 bits per heavy atom. The number of rotatable bonds is 20. The summed E-state index contributed by atoms with van der Waals surface area (Å²) in [7, 11) is 2.84. The topological polar surface area (TPSA) is 406 Å². The Bertz CT molecular complexity index is 2330. The van der Waals surface area contributed by atoms with Crippen molar-refractivity contribution in [2.45, 2.75) is 141 Å². The number of hydrogen-bond donors (Lipinski definition) is 12. The number of ether oxygens (including phenoxy) is 1. The molecule has 0 bridgehead atoms. The number of nitrogens with zero attached hydrogens (tertiary/aromatic N) is 2. The molecule has 434 valence electrons. The van der Waals surface area contributed by atoms with Gasteiger partial charge in [0.1, 0.15) is 42.3 Å². The molecular formula is C52H81N11O14S. The fraction of sp³-hybridized carbons (Fsp3) is 0.596. The van der Waals surface area contributed by atoms with Crippen molar-refractivity contribution >= 4 is 77.0 Å². The molecule has 0 spiro atoms. The van der Waals surface area contributed by atoms with Crippen molar-refractivity contribution in [3.05, 3.63) is 59.7 Å². The number of aliphatic carboxylic acids is 3. The minimum absolute atomic E-state index is 0.00362. The van der Waals surface area contributed by atoms with Crippen molar-refractivity contribution in [3.8, 4) is 0 Å². The molecule has 0 saturated carbocycles. The lowest BCUT2D eigenvalue weighted by atomic mass is 9.94. The van der Waals surface area contributed by atoms with Gasteiger partial charge in [-0.05, 0) is 57.4 Å². The number of carboxylic acids is 3. The van der Waals surface area contributed by atoms with Crippen LogP contribution in [0.4, 0.5) is 0 Å². The molecule has 1 aliphatic heterocycles. The van der Waals surface area contributed by atoms with Crippen LogP contribution in [-0.2, 0) is 59.1 Å². The standard InChI is InChI=1S/C52H81N11O14S/c1-27(2)22-38-47(69)62-42(51(75)76)31(6)44(66)59-36(16-13-21-56-52(54)55)46(68)58-35(18-17-28(3)23-29(4)40(77-9)24-33-14-11-10-12-15-33)30(5)43(65)60-37(50(73)74)19-20-41(64)63(8)39(26-78-25-34(53)49(71)72)48(70)57-32(7)45(67)61-38/h10-12,14-15,17-18,23,27,29-32,34-40,42H,13,16,19-22,24-26,53H2,1-9H3,(H,57,70)(H,58,68)(H,59,66)(H,60,65)(H,61,67)(H,62,69)(H,71,72)(H,73,74)(H,75,76)(H4,54,55,56)/b18-17+,28-23+/t29-,30-,31-,32+,34-,35-,36-,37+,38-,39?,40-,42+/m0/s1. The summed E-state index contributed by atoms with van der Waals surface area (Å²) < 4.78 is 5.82. The van der Waals surface area contributed by atoms with Crippen LogP contribution in [0.3, 0.4) is 0 Å². The van der Waals surface area contributed by atoms with Crippen molar-refractivity contribution in [1.29, 1.82) is 0 Å². The lowest BCUT2D eigenvalue weighted by Crippen LogP contribution is -2.59. The van der Waals surface area contributed by atoms with E-state index in [4.69, 9.17) is 21.9 Å². The molecule has 0 radical (unpaired) electrons. The lowest BCUT2D eigenvalue weighted by Gasteiger charge is -2.30. The van der Waals surface area contributed by atoms with Crippen LogP contribution in [0.1, 0.15) is 86.1 Å². The second kappa shape index (κ2) is 33.3. The van der Waals surface area contributed by atoms with E-state index >= 15 is 0 Å². The molecule has 2 rings (SSSR count). The van der Waals surface area contributed by atoms with Crippen LogP contribution in [0.15, 0.2) is 59.1 Å². The highest BCUT2D eigenvalue weighted by molar-refractivity contribution is 7.99. The molecule has 1 aliphatic rings. The first-order valence-corrected chi connectivity index (χ1v) is 26.8. The first kappa shape index (κ1) is 67.1. The van der Waals surface area contributed by atoms with Crippen molar-refractivity contribution in [2.24, 2.45) is 45.9 Å². The summed E-state index contributed by atoms with van der Waals surface area (Å²) in [5, 5.41) is 45.2. The molecule has 26 heteroatoms. The molecule has 1 unspecified atom stereocenters. The van der Waals surface area contributed by atoms with Crippen LogP contribution in [0, 0.1) is 23.7 Å². The lowest BCUT2D eigenvalue weighted by molar-refractivity contribution is -0.146. The van der Waals surface area contributed by atoms with E-state index in [1.807, 2.05) is 43.3 Å². The number of carboxylic acid groups (broad SMARTS) is 3. The minimum Gasteiger partial charge on any atom is -0.480 e. The Hall–Kier alpha value is -7.06. The van der Waals surface area contributed by atoms with Gasteiger partial charge in [0.2, 0.25) is 41.4 Å². The van der Waals surface area contributed by atoms with Gasteiger partial charge in [0, 0.05) is 44.5 Å². The number of methoxy groups -OCH3 is 1. The number of aliphatic imine (C=N–C) groups is 1. The van der Waals surface area contributed by atoms with Gasteiger partial charge >= 0.3 is 17.9 Å². The maximum Gasteiger partial charge on any atom is 0.327 e. The van der Waals surface area contributed by atoms with E-state index in [-0.39, 0.29) is 61.2 Å². The van der Waals surface area contributed by atoms with E-state index in [1.54, 1.807) is 34.0 Å². The SMILES string of the molecule is CO[C@@H](Cc1ccccc1)[C@@H](C)/C=C(C)/C=C/[C@@H]1NC(=O)[C@H](CCCN=C(N)N)NC(=O)[C@@H](C)[C@H](C(=O)O)NC(=O)[C@H](CC(C)C)NC(=O)[C@@H](C)NC(=O)C(CSC[C@H](N)C(=O)O)N(C)C(=O)CC[C@H](C(=O)O)NC(=O)[C@H]1C. The number of allylic oxidation sites excluding steroid dienone is 2. The van der Waals surface area contributed by atoms with Crippen molar-refractivity contribution in [2.75, 3.05) is 32.2 Å². The van der Waals surface area contributed by atoms with E-state index in [0.717, 1.165) is 22.2 Å². The molecule has 1 fully saturated rings. The maximum absolute atomic E-state index is 14.5. The number of amides is 7. The van der Waals surface area contributed by atoms with E-state index in [2.05, 4.69) is 36.9 Å². The summed E-state index contributed by atoms with van der Waals surface area (Å²) >= 11 is 0.909. The Balaban J connectivity index is 2.80. The zero-order chi connectivity index (χ0) is 59.0. The largest absolute Gasteiger partial charge is 0.480 e. The van der Waals surface area contributed by atoms with Gasteiger partial charge in [-0.1, -0.05) is 88.8 Å². The van der Waals surface area contributed by atoms with E-state index < -0.39 is 132 Å². The highest BCUT2D eigenvalue weighted by Gasteiger charge is 2.38.